The standard InChI is InChI=1S/C19H18BrN3O/c1-2-22-17-6-4-3-5-16(17)21-19(22)13-11-18(24)23(12-13)15-9-7-14(20)8-10-15/h3-10,13H,2,11-12H2,1H3/t13-/m0/s1. The molecule has 4 nitrogen and oxygen atoms in total. The molecule has 1 atom stereocenters. The van der Waals surface area contributed by atoms with Crippen LogP contribution in [0.1, 0.15) is 25.1 Å². The number of hydrogen-bond donors (Lipinski definition) is 0. The number of anilines is 1. The van der Waals surface area contributed by atoms with Crippen LogP contribution < -0.4 is 4.90 Å². The largest absolute Gasteiger partial charge is 0.328 e. The highest BCUT2D eigenvalue weighted by Gasteiger charge is 2.34. The summed E-state index contributed by atoms with van der Waals surface area (Å²) in [4.78, 5) is 19.2. The van der Waals surface area contributed by atoms with E-state index < -0.39 is 0 Å². The second-order valence-corrected chi connectivity index (χ2v) is 7.00. The van der Waals surface area contributed by atoms with Crippen LogP contribution in [0.3, 0.4) is 0 Å². The summed E-state index contributed by atoms with van der Waals surface area (Å²) in [6.07, 6.45) is 0.513. The Hall–Kier alpha value is -2.14. The zero-order chi connectivity index (χ0) is 16.7. The van der Waals surface area contributed by atoms with Gasteiger partial charge in [0.1, 0.15) is 5.82 Å². The molecule has 0 aliphatic carbocycles. The lowest BCUT2D eigenvalue weighted by molar-refractivity contribution is -0.117. The van der Waals surface area contributed by atoms with Gasteiger partial charge in [-0.15, -0.1) is 0 Å². The Morgan fingerprint density at radius 2 is 1.92 bits per heavy atom. The number of carbonyl (C=O) groups excluding carboxylic acids is 1. The van der Waals surface area contributed by atoms with Crippen molar-refractivity contribution in [2.45, 2.75) is 25.8 Å². The van der Waals surface area contributed by atoms with Crippen molar-refractivity contribution in [2.75, 3.05) is 11.4 Å². The fourth-order valence-corrected chi connectivity index (χ4v) is 3.75. The number of nitrogens with zero attached hydrogens (tertiary/aromatic N) is 3. The zero-order valence-corrected chi connectivity index (χ0v) is 15.0. The van der Waals surface area contributed by atoms with Gasteiger partial charge in [-0.3, -0.25) is 4.79 Å². The van der Waals surface area contributed by atoms with Gasteiger partial charge in [-0.1, -0.05) is 28.1 Å². The van der Waals surface area contributed by atoms with Crippen LogP contribution in [-0.2, 0) is 11.3 Å². The van der Waals surface area contributed by atoms with Crippen LogP contribution in [0.25, 0.3) is 11.0 Å². The maximum Gasteiger partial charge on any atom is 0.227 e. The predicted molar refractivity (Wildman–Crippen MR) is 99.3 cm³/mol. The first kappa shape index (κ1) is 15.4. The third-order valence-corrected chi connectivity index (χ3v) is 5.16. The summed E-state index contributed by atoms with van der Waals surface area (Å²) in [6.45, 7) is 3.67. The van der Waals surface area contributed by atoms with Gasteiger partial charge in [0, 0.05) is 35.6 Å². The lowest BCUT2D eigenvalue weighted by Gasteiger charge is -2.17. The van der Waals surface area contributed by atoms with E-state index in [1.807, 2.05) is 47.4 Å². The van der Waals surface area contributed by atoms with Crippen LogP contribution in [0, 0.1) is 0 Å². The Morgan fingerprint density at radius 3 is 2.67 bits per heavy atom. The van der Waals surface area contributed by atoms with E-state index in [1.54, 1.807) is 0 Å². The second kappa shape index (κ2) is 6.06. The predicted octanol–water partition coefficient (Wildman–Crippen LogP) is 4.34. The van der Waals surface area contributed by atoms with Gasteiger partial charge in [0.15, 0.2) is 0 Å². The molecule has 0 radical (unpaired) electrons. The number of imidazole rings is 1. The van der Waals surface area contributed by atoms with Crippen molar-refractivity contribution in [3.8, 4) is 0 Å². The quantitative estimate of drug-likeness (QED) is 0.674. The first-order valence-corrected chi connectivity index (χ1v) is 8.97. The molecule has 4 rings (SSSR count). The number of hydrogen-bond acceptors (Lipinski definition) is 2. The minimum atomic E-state index is 0.133. The maximum atomic E-state index is 12.5. The van der Waals surface area contributed by atoms with E-state index >= 15 is 0 Å². The summed E-state index contributed by atoms with van der Waals surface area (Å²) in [5, 5.41) is 0. The fourth-order valence-electron chi connectivity index (χ4n) is 3.49. The molecule has 3 aromatic rings. The highest BCUT2D eigenvalue weighted by Crippen LogP contribution is 2.33. The van der Waals surface area contributed by atoms with E-state index in [-0.39, 0.29) is 11.8 Å². The minimum Gasteiger partial charge on any atom is -0.328 e. The van der Waals surface area contributed by atoms with Gasteiger partial charge in [0.25, 0.3) is 0 Å². The van der Waals surface area contributed by atoms with Crippen LogP contribution in [0.15, 0.2) is 53.0 Å². The van der Waals surface area contributed by atoms with Gasteiger partial charge < -0.3 is 9.47 Å². The van der Waals surface area contributed by atoms with Crippen LogP contribution in [0.4, 0.5) is 5.69 Å². The Morgan fingerprint density at radius 1 is 1.17 bits per heavy atom. The van der Waals surface area contributed by atoms with Gasteiger partial charge >= 0.3 is 0 Å². The molecule has 2 heterocycles. The first-order chi connectivity index (χ1) is 11.7. The Labute approximate surface area is 149 Å². The topological polar surface area (TPSA) is 38.1 Å². The minimum absolute atomic E-state index is 0.133. The first-order valence-electron chi connectivity index (χ1n) is 8.18. The molecule has 0 spiro atoms. The van der Waals surface area contributed by atoms with Gasteiger partial charge in [-0.2, -0.15) is 0 Å². The summed E-state index contributed by atoms with van der Waals surface area (Å²) < 4.78 is 3.25. The Balaban J connectivity index is 1.69. The molecule has 2 aromatic carbocycles. The molecule has 24 heavy (non-hydrogen) atoms. The number of para-hydroxylation sites is 2. The van der Waals surface area contributed by atoms with Gasteiger partial charge in [0.2, 0.25) is 5.91 Å². The summed E-state index contributed by atoms with van der Waals surface area (Å²) in [5.41, 5.74) is 3.10. The number of benzene rings is 2. The van der Waals surface area contributed by atoms with Crippen molar-refractivity contribution in [1.29, 1.82) is 0 Å². The van der Waals surface area contributed by atoms with Crippen molar-refractivity contribution >= 4 is 38.6 Å². The number of aromatic nitrogens is 2. The lowest BCUT2D eigenvalue weighted by atomic mass is 10.1. The zero-order valence-electron chi connectivity index (χ0n) is 13.4. The van der Waals surface area contributed by atoms with E-state index in [2.05, 4.69) is 33.5 Å². The molecule has 1 fully saturated rings. The van der Waals surface area contributed by atoms with Gasteiger partial charge in [0.05, 0.1) is 11.0 Å². The van der Waals surface area contributed by atoms with Crippen LogP contribution in [0.5, 0.6) is 0 Å². The average molecular weight is 384 g/mol. The molecule has 0 saturated carbocycles. The van der Waals surface area contributed by atoms with Crippen molar-refractivity contribution in [1.82, 2.24) is 9.55 Å². The number of aryl methyl sites for hydroxylation is 1. The van der Waals surface area contributed by atoms with Crippen molar-refractivity contribution in [3.05, 3.63) is 58.8 Å². The van der Waals surface area contributed by atoms with Crippen molar-refractivity contribution in [2.24, 2.45) is 0 Å². The van der Waals surface area contributed by atoms with E-state index in [0.29, 0.717) is 13.0 Å². The van der Waals surface area contributed by atoms with Crippen molar-refractivity contribution < 1.29 is 4.79 Å². The van der Waals surface area contributed by atoms with Crippen LogP contribution >= 0.6 is 15.9 Å². The molecular formula is C19H18BrN3O. The molecule has 1 aromatic heterocycles. The third-order valence-electron chi connectivity index (χ3n) is 4.63. The summed E-state index contributed by atoms with van der Waals surface area (Å²) >= 11 is 3.44. The van der Waals surface area contributed by atoms with Gasteiger partial charge in [-0.05, 0) is 43.3 Å². The third kappa shape index (κ3) is 2.53. The average Bonchev–Trinajstić information content (AvgIpc) is 3.16. The monoisotopic (exact) mass is 383 g/mol. The molecule has 122 valence electrons. The molecule has 5 heteroatoms. The molecule has 1 aliphatic rings. The van der Waals surface area contributed by atoms with E-state index in [9.17, 15) is 4.79 Å². The number of halogens is 1. The van der Waals surface area contributed by atoms with E-state index in [4.69, 9.17) is 4.98 Å². The van der Waals surface area contributed by atoms with Crippen molar-refractivity contribution in [3.63, 3.8) is 0 Å². The fraction of sp³-hybridized carbons (Fsp3) is 0.263. The second-order valence-electron chi connectivity index (χ2n) is 6.08. The summed E-state index contributed by atoms with van der Waals surface area (Å²) in [5.74, 6) is 1.32. The normalized spacial score (nSPS) is 17.8. The van der Waals surface area contributed by atoms with E-state index in [0.717, 1.165) is 33.6 Å². The smallest absolute Gasteiger partial charge is 0.227 e. The molecule has 0 unspecified atom stereocenters. The van der Waals surface area contributed by atoms with Crippen LogP contribution in [0.2, 0.25) is 0 Å². The molecule has 0 bridgehead atoms. The number of carbonyl (C=O) groups is 1. The molecule has 1 saturated heterocycles. The number of amides is 1. The Kier molecular flexibility index (Phi) is 3.88. The van der Waals surface area contributed by atoms with Crippen LogP contribution in [-0.4, -0.2) is 22.0 Å². The Bertz CT molecular complexity index is 901. The molecule has 0 N–H and O–H groups in total. The molecular weight excluding hydrogens is 366 g/mol. The molecule has 1 aliphatic heterocycles. The maximum absolute atomic E-state index is 12.5. The molecule has 1 amide bonds. The van der Waals surface area contributed by atoms with E-state index in [1.165, 1.54) is 0 Å². The summed E-state index contributed by atoms with van der Waals surface area (Å²) in [7, 11) is 0. The number of fused-ring (bicyclic) bond motifs is 1. The van der Waals surface area contributed by atoms with Gasteiger partial charge in [-0.25, -0.2) is 4.98 Å². The summed E-state index contributed by atoms with van der Waals surface area (Å²) in [6, 6.07) is 16.1. The SMILES string of the molecule is CCn1c([C@H]2CC(=O)N(c3ccc(Br)cc3)C2)nc2ccccc21. The lowest BCUT2D eigenvalue weighted by Crippen LogP contribution is -2.24. The highest BCUT2D eigenvalue weighted by molar-refractivity contribution is 9.10. The highest BCUT2D eigenvalue weighted by atomic mass is 79.9. The number of rotatable bonds is 3.